The summed E-state index contributed by atoms with van der Waals surface area (Å²) in [6, 6.07) is 9.17. The lowest BCUT2D eigenvalue weighted by Gasteiger charge is -2.38. The first kappa shape index (κ1) is 15.2. The molecule has 0 saturated carbocycles. The number of hydrogen-bond acceptors (Lipinski definition) is 3. The number of rotatable bonds is 2. The van der Waals surface area contributed by atoms with E-state index in [9.17, 15) is 19.5 Å². The molecule has 0 saturated heterocycles. The average molecular weight is 311 g/mol. The van der Waals surface area contributed by atoms with Gasteiger partial charge in [-0.05, 0) is 22.9 Å². The molecule has 1 aliphatic heterocycles. The lowest BCUT2D eigenvalue weighted by Crippen LogP contribution is -2.55. The number of hydrogen-bond donors (Lipinski definition) is 1. The normalized spacial score (nSPS) is 15.9. The molecule has 2 aromatic carbocycles. The maximum Gasteiger partial charge on any atom is 0.327 e. The molecule has 1 atom stereocenters. The predicted molar refractivity (Wildman–Crippen MR) is 85.3 cm³/mol. The second kappa shape index (κ2) is 4.91. The first-order valence-electron chi connectivity index (χ1n) is 7.36. The maximum absolute atomic E-state index is 12.8. The quantitative estimate of drug-likeness (QED) is 0.865. The zero-order valence-corrected chi connectivity index (χ0v) is 13.2. The van der Waals surface area contributed by atoms with Gasteiger partial charge in [-0.25, -0.2) is 4.79 Å². The van der Waals surface area contributed by atoms with Crippen molar-refractivity contribution in [2.24, 2.45) is 5.41 Å². The highest BCUT2D eigenvalue weighted by Crippen LogP contribution is 2.34. The van der Waals surface area contributed by atoms with E-state index in [0.717, 1.165) is 10.3 Å². The van der Waals surface area contributed by atoms with E-state index in [0.29, 0.717) is 16.5 Å². The number of carboxylic acids is 1. The van der Waals surface area contributed by atoms with E-state index in [1.807, 2.05) is 12.1 Å². The lowest BCUT2D eigenvalue weighted by molar-refractivity contribution is -0.145. The van der Waals surface area contributed by atoms with Crippen molar-refractivity contribution in [1.29, 1.82) is 0 Å². The smallest absolute Gasteiger partial charge is 0.327 e. The molecule has 1 aliphatic rings. The van der Waals surface area contributed by atoms with Gasteiger partial charge in [0, 0.05) is 16.5 Å². The van der Waals surface area contributed by atoms with Gasteiger partial charge in [-0.15, -0.1) is 0 Å². The van der Waals surface area contributed by atoms with Crippen molar-refractivity contribution in [3.8, 4) is 0 Å². The molecule has 118 valence electrons. The van der Waals surface area contributed by atoms with Gasteiger partial charge in [0.25, 0.3) is 11.8 Å². The molecule has 2 amide bonds. The first-order chi connectivity index (χ1) is 10.7. The van der Waals surface area contributed by atoms with Gasteiger partial charge in [0.05, 0.1) is 0 Å². The summed E-state index contributed by atoms with van der Waals surface area (Å²) < 4.78 is 0. The van der Waals surface area contributed by atoms with Crippen LogP contribution in [0, 0.1) is 5.41 Å². The topological polar surface area (TPSA) is 74.7 Å². The number of carbonyl (C=O) groups excluding carboxylic acids is 2. The van der Waals surface area contributed by atoms with Crippen LogP contribution in [0.15, 0.2) is 36.4 Å². The molecule has 5 heteroatoms. The Balaban J connectivity index is 2.27. The van der Waals surface area contributed by atoms with Gasteiger partial charge in [-0.3, -0.25) is 14.5 Å². The molecule has 0 spiro atoms. The molecule has 0 unspecified atom stereocenters. The van der Waals surface area contributed by atoms with E-state index >= 15 is 0 Å². The minimum absolute atomic E-state index is 0.369. The summed E-state index contributed by atoms with van der Waals surface area (Å²) in [5, 5.41) is 11.0. The van der Waals surface area contributed by atoms with E-state index in [1.165, 1.54) is 0 Å². The van der Waals surface area contributed by atoms with E-state index < -0.39 is 29.2 Å². The fourth-order valence-electron chi connectivity index (χ4n) is 3.15. The van der Waals surface area contributed by atoms with Gasteiger partial charge in [0.2, 0.25) is 0 Å². The van der Waals surface area contributed by atoms with Crippen LogP contribution in [0.25, 0.3) is 10.8 Å². The Morgan fingerprint density at radius 1 is 1.00 bits per heavy atom. The van der Waals surface area contributed by atoms with E-state index in [-0.39, 0.29) is 0 Å². The van der Waals surface area contributed by atoms with Crippen molar-refractivity contribution in [2.45, 2.75) is 26.8 Å². The number of imide groups is 1. The minimum atomic E-state index is -1.23. The molecule has 0 aromatic heterocycles. The summed E-state index contributed by atoms with van der Waals surface area (Å²) in [6.45, 7) is 5.11. The molecule has 1 heterocycles. The van der Waals surface area contributed by atoms with Gasteiger partial charge >= 0.3 is 5.97 Å². The number of aliphatic carboxylic acids is 1. The number of nitrogens with zero attached hydrogens (tertiary/aromatic N) is 1. The van der Waals surface area contributed by atoms with Crippen LogP contribution in [-0.2, 0) is 4.79 Å². The highest BCUT2D eigenvalue weighted by molar-refractivity contribution is 6.26. The Kier molecular flexibility index (Phi) is 3.25. The molecule has 5 nitrogen and oxygen atoms in total. The Morgan fingerprint density at radius 2 is 1.48 bits per heavy atom. The summed E-state index contributed by atoms with van der Waals surface area (Å²) in [5.41, 5.74) is -0.0430. The first-order valence-corrected chi connectivity index (χ1v) is 7.36. The summed E-state index contributed by atoms with van der Waals surface area (Å²) in [6.07, 6.45) is 0. The van der Waals surface area contributed by atoms with E-state index in [2.05, 4.69) is 0 Å². The van der Waals surface area contributed by atoms with E-state index in [4.69, 9.17) is 0 Å². The second-order valence-electron chi connectivity index (χ2n) is 6.80. The SMILES string of the molecule is CC(C)(C)[C@@H](C(=O)O)N1C(=O)c2cccc3cccc(c23)C1=O. The van der Waals surface area contributed by atoms with Crippen molar-refractivity contribution in [3.63, 3.8) is 0 Å². The summed E-state index contributed by atoms with van der Waals surface area (Å²) >= 11 is 0. The molecule has 1 N–H and O–H groups in total. The van der Waals surface area contributed by atoms with Crippen LogP contribution in [0.3, 0.4) is 0 Å². The summed E-state index contributed by atoms with van der Waals surface area (Å²) in [4.78, 5) is 38.3. The fraction of sp³-hybridized carbons (Fsp3) is 0.278. The lowest BCUT2D eigenvalue weighted by atomic mass is 9.83. The standard InChI is InChI=1S/C18H17NO4/c1-18(2,3)14(17(22)23)19-15(20)11-8-4-6-10-7-5-9-12(13(10)11)16(19)21/h4-9,14H,1-3H3,(H,22,23)/t14-/m1/s1. The summed E-state index contributed by atoms with van der Waals surface area (Å²) in [7, 11) is 0. The van der Waals surface area contributed by atoms with Crippen LogP contribution in [0.1, 0.15) is 41.5 Å². The van der Waals surface area contributed by atoms with Crippen LogP contribution in [0.5, 0.6) is 0 Å². The van der Waals surface area contributed by atoms with Gasteiger partial charge in [0.15, 0.2) is 0 Å². The van der Waals surface area contributed by atoms with Crippen LogP contribution in [0.4, 0.5) is 0 Å². The molecule has 2 aromatic rings. The fourth-order valence-corrected chi connectivity index (χ4v) is 3.15. The molecule has 0 bridgehead atoms. The van der Waals surface area contributed by atoms with Crippen molar-refractivity contribution < 1.29 is 19.5 Å². The molecular weight excluding hydrogens is 294 g/mol. The van der Waals surface area contributed by atoms with Crippen LogP contribution in [0.2, 0.25) is 0 Å². The van der Waals surface area contributed by atoms with Crippen molar-refractivity contribution in [1.82, 2.24) is 4.90 Å². The van der Waals surface area contributed by atoms with Gasteiger partial charge in [-0.2, -0.15) is 0 Å². The number of carbonyl (C=O) groups is 3. The average Bonchev–Trinajstić information content (AvgIpc) is 2.47. The van der Waals surface area contributed by atoms with Crippen LogP contribution in [-0.4, -0.2) is 33.8 Å². The minimum Gasteiger partial charge on any atom is -0.480 e. The second-order valence-corrected chi connectivity index (χ2v) is 6.80. The maximum atomic E-state index is 12.8. The number of amides is 2. The Labute approximate surface area is 133 Å². The number of carboxylic acid groups (broad SMARTS) is 1. The van der Waals surface area contributed by atoms with Gasteiger partial charge in [-0.1, -0.05) is 45.0 Å². The molecule has 0 radical (unpaired) electrons. The Hall–Kier alpha value is -2.69. The molecular formula is C18H17NO4. The molecule has 0 fully saturated rings. The molecule has 23 heavy (non-hydrogen) atoms. The van der Waals surface area contributed by atoms with Crippen LogP contribution >= 0.6 is 0 Å². The highest BCUT2D eigenvalue weighted by atomic mass is 16.4. The Bertz CT molecular complexity index is 797. The van der Waals surface area contributed by atoms with Gasteiger partial charge in [0.1, 0.15) is 6.04 Å². The van der Waals surface area contributed by atoms with Crippen LogP contribution < -0.4 is 0 Å². The van der Waals surface area contributed by atoms with Crippen molar-refractivity contribution >= 4 is 28.6 Å². The molecule has 3 rings (SSSR count). The number of benzene rings is 2. The third-order valence-corrected chi connectivity index (χ3v) is 4.12. The third-order valence-electron chi connectivity index (χ3n) is 4.12. The predicted octanol–water partition coefficient (Wildman–Crippen LogP) is 2.94. The largest absolute Gasteiger partial charge is 0.480 e. The van der Waals surface area contributed by atoms with Crippen molar-refractivity contribution in [2.75, 3.05) is 0 Å². The summed E-state index contributed by atoms with van der Waals surface area (Å²) in [5.74, 6) is -2.30. The highest BCUT2D eigenvalue weighted by Gasteiger charge is 2.45. The van der Waals surface area contributed by atoms with E-state index in [1.54, 1.807) is 45.0 Å². The zero-order chi connectivity index (χ0) is 16.9. The molecule has 0 aliphatic carbocycles. The third kappa shape index (κ3) is 2.20. The van der Waals surface area contributed by atoms with Crippen molar-refractivity contribution in [3.05, 3.63) is 47.5 Å². The zero-order valence-electron chi connectivity index (χ0n) is 13.2. The Morgan fingerprint density at radius 3 is 1.87 bits per heavy atom. The monoisotopic (exact) mass is 311 g/mol. The van der Waals surface area contributed by atoms with Gasteiger partial charge < -0.3 is 5.11 Å².